The molecule has 0 unspecified atom stereocenters. The van der Waals surface area contributed by atoms with Crippen LogP contribution in [0.4, 0.5) is 4.39 Å². The lowest BCUT2D eigenvalue weighted by molar-refractivity contribution is 0.103. The van der Waals surface area contributed by atoms with Crippen LogP contribution in [0.5, 0.6) is 0 Å². The molecule has 2 aromatic heterocycles. The minimum absolute atomic E-state index is 0.233. The van der Waals surface area contributed by atoms with E-state index in [9.17, 15) is 9.18 Å². The molecule has 3 nitrogen and oxygen atoms in total. The van der Waals surface area contributed by atoms with E-state index in [-0.39, 0.29) is 11.3 Å². The molecule has 80 valence electrons. The second kappa shape index (κ2) is 4.18. The van der Waals surface area contributed by atoms with Crippen molar-refractivity contribution in [2.75, 3.05) is 0 Å². The van der Waals surface area contributed by atoms with E-state index in [1.807, 2.05) is 6.92 Å². The molecule has 0 saturated carbocycles. The van der Waals surface area contributed by atoms with Crippen molar-refractivity contribution >= 4 is 5.78 Å². The number of aromatic nitrogens is 2. The van der Waals surface area contributed by atoms with Crippen molar-refractivity contribution in [1.29, 1.82) is 0 Å². The van der Waals surface area contributed by atoms with Gasteiger partial charge in [0, 0.05) is 29.7 Å². The molecule has 0 aliphatic rings. The van der Waals surface area contributed by atoms with Crippen LogP contribution < -0.4 is 0 Å². The average Bonchev–Trinajstić information content (AvgIpc) is 2.29. The SMILES string of the molecule is Cc1ccncc1C(=O)c1cncc(F)c1. The number of carbonyl (C=O) groups excluding carboxylic acids is 1. The van der Waals surface area contributed by atoms with E-state index < -0.39 is 5.82 Å². The van der Waals surface area contributed by atoms with Gasteiger partial charge in [0.2, 0.25) is 0 Å². The third-order valence-corrected chi connectivity index (χ3v) is 2.25. The Morgan fingerprint density at radius 3 is 2.75 bits per heavy atom. The maximum Gasteiger partial charge on any atom is 0.196 e. The fraction of sp³-hybridized carbons (Fsp3) is 0.0833. The zero-order valence-electron chi connectivity index (χ0n) is 8.64. The van der Waals surface area contributed by atoms with Crippen LogP contribution in [0.15, 0.2) is 36.9 Å². The molecule has 0 amide bonds. The van der Waals surface area contributed by atoms with E-state index in [1.54, 1.807) is 12.3 Å². The highest BCUT2D eigenvalue weighted by Crippen LogP contribution is 2.12. The molecule has 2 aromatic rings. The average molecular weight is 216 g/mol. The molecule has 0 N–H and O–H groups in total. The minimum atomic E-state index is -0.521. The zero-order chi connectivity index (χ0) is 11.5. The van der Waals surface area contributed by atoms with Gasteiger partial charge in [-0.25, -0.2) is 4.39 Å². The number of aryl methyl sites for hydroxylation is 1. The van der Waals surface area contributed by atoms with E-state index >= 15 is 0 Å². The predicted octanol–water partition coefficient (Wildman–Crippen LogP) is 2.16. The van der Waals surface area contributed by atoms with Gasteiger partial charge < -0.3 is 0 Å². The van der Waals surface area contributed by atoms with Gasteiger partial charge in [0.25, 0.3) is 0 Å². The number of nitrogens with zero attached hydrogens (tertiary/aromatic N) is 2. The number of carbonyl (C=O) groups is 1. The summed E-state index contributed by atoms with van der Waals surface area (Å²) in [4.78, 5) is 19.5. The van der Waals surface area contributed by atoms with E-state index in [0.717, 1.165) is 11.8 Å². The Hall–Kier alpha value is -2.10. The third-order valence-electron chi connectivity index (χ3n) is 2.25. The Kier molecular flexibility index (Phi) is 2.72. The summed E-state index contributed by atoms with van der Waals surface area (Å²) in [6.07, 6.45) is 5.49. The first-order chi connectivity index (χ1) is 7.68. The number of halogens is 1. The smallest absolute Gasteiger partial charge is 0.196 e. The van der Waals surface area contributed by atoms with E-state index in [4.69, 9.17) is 0 Å². The minimum Gasteiger partial charge on any atom is -0.288 e. The van der Waals surface area contributed by atoms with Crippen LogP contribution in [0.2, 0.25) is 0 Å². The van der Waals surface area contributed by atoms with Crippen LogP contribution >= 0.6 is 0 Å². The molecule has 0 fully saturated rings. The summed E-state index contributed by atoms with van der Waals surface area (Å²) in [5.41, 5.74) is 1.51. The first kappa shape index (κ1) is 10.4. The molecule has 0 aromatic carbocycles. The molecule has 2 heterocycles. The maximum atomic E-state index is 12.9. The lowest BCUT2D eigenvalue weighted by atomic mass is 10.0. The van der Waals surface area contributed by atoms with Gasteiger partial charge in [-0.1, -0.05) is 0 Å². The van der Waals surface area contributed by atoms with Crippen molar-refractivity contribution in [2.45, 2.75) is 6.92 Å². The first-order valence-corrected chi connectivity index (χ1v) is 4.74. The summed E-state index contributed by atoms with van der Waals surface area (Å²) in [6.45, 7) is 1.81. The fourth-order valence-corrected chi connectivity index (χ4v) is 1.39. The van der Waals surface area contributed by atoms with Gasteiger partial charge >= 0.3 is 0 Å². The topological polar surface area (TPSA) is 42.9 Å². The Bertz CT molecular complexity index is 540. The lowest BCUT2D eigenvalue weighted by Gasteiger charge is -2.03. The van der Waals surface area contributed by atoms with Crippen LogP contribution in [0.25, 0.3) is 0 Å². The highest BCUT2D eigenvalue weighted by Gasteiger charge is 2.12. The highest BCUT2D eigenvalue weighted by molar-refractivity contribution is 6.09. The fourth-order valence-electron chi connectivity index (χ4n) is 1.39. The van der Waals surface area contributed by atoms with E-state index in [2.05, 4.69) is 9.97 Å². The molecule has 0 saturated heterocycles. The first-order valence-electron chi connectivity index (χ1n) is 4.74. The predicted molar refractivity (Wildman–Crippen MR) is 56.6 cm³/mol. The molecular formula is C12H9FN2O. The monoisotopic (exact) mass is 216 g/mol. The Morgan fingerprint density at radius 2 is 2.06 bits per heavy atom. The zero-order valence-corrected chi connectivity index (χ0v) is 8.64. The number of rotatable bonds is 2. The Balaban J connectivity index is 2.44. The van der Waals surface area contributed by atoms with Crippen LogP contribution in [-0.4, -0.2) is 15.8 Å². The standard InChI is InChI=1S/C12H9FN2O/c1-8-2-3-14-7-11(8)12(16)9-4-10(13)6-15-5-9/h2-7H,1H3. The largest absolute Gasteiger partial charge is 0.288 e. The van der Waals surface area contributed by atoms with Crippen LogP contribution in [0.3, 0.4) is 0 Å². The summed E-state index contributed by atoms with van der Waals surface area (Å²) < 4.78 is 12.9. The van der Waals surface area contributed by atoms with Gasteiger partial charge in [0.15, 0.2) is 5.78 Å². The number of ketones is 1. The van der Waals surface area contributed by atoms with Gasteiger partial charge in [-0.3, -0.25) is 14.8 Å². The number of hydrogen-bond donors (Lipinski definition) is 0. The summed E-state index contributed by atoms with van der Waals surface area (Å²) >= 11 is 0. The summed E-state index contributed by atoms with van der Waals surface area (Å²) in [6, 6.07) is 2.90. The van der Waals surface area contributed by atoms with Crippen LogP contribution in [0, 0.1) is 12.7 Å². The quantitative estimate of drug-likeness (QED) is 0.722. The van der Waals surface area contributed by atoms with Crippen molar-refractivity contribution in [1.82, 2.24) is 9.97 Å². The van der Waals surface area contributed by atoms with Crippen molar-refractivity contribution in [3.63, 3.8) is 0 Å². The molecular weight excluding hydrogens is 207 g/mol. The van der Waals surface area contributed by atoms with Gasteiger partial charge in [0.05, 0.1) is 6.20 Å². The van der Waals surface area contributed by atoms with Crippen molar-refractivity contribution in [2.24, 2.45) is 0 Å². The summed E-state index contributed by atoms with van der Waals surface area (Å²) in [7, 11) is 0. The molecule has 4 heteroatoms. The van der Waals surface area contributed by atoms with Gasteiger partial charge in [-0.05, 0) is 24.6 Å². The third kappa shape index (κ3) is 1.95. The van der Waals surface area contributed by atoms with Crippen LogP contribution in [-0.2, 0) is 0 Å². The Labute approximate surface area is 92.0 Å². The second-order valence-electron chi connectivity index (χ2n) is 3.41. The normalized spacial score (nSPS) is 10.1. The van der Waals surface area contributed by atoms with Gasteiger partial charge in [0.1, 0.15) is 5.82 Å². The maximum absolute atomic E-state index is 12.9. The molecule has 0 aliphatic heterocycles. The molecule has 0 spiro atoms. The number of pyridine rings is 2. The molecule has 0 radical (unpaired) electrons. The van der Waals surface area contributed by atoms with Crippen molar-refractivity contribution in [3.8, 4) is 0 Å². The van der Waals surface area contributed by atoms with Crippen LogP contribution in [0.1, 0.15) is 21.5 Å². The summed E-state index contributed by atoms with van der Waals surface area (Å²) in [5.74, 6) is -0.787. The molecule has 16 heavy (non-hydrogen) atoms. The second-order valence-corrected chi connectivity index (χ2v) is 3.41. The molecule has 0 aliphatic carbocycles. The number of hydrogen-bond acceptors (Lipinski definition) is 3. The molecule has 2 rings (SSSR count). The Morgan fingerprint density at radius 1 is 1.25 bits per heavy atom. The van der Waals surface area contributed by atoms with Gasteiger partial charge in [-0.15, -0.1) is 0 Å². The molecule has 0 bridgehead atoms. The molecule has 0 atom stereocenters. The lowest BCUT2D eigenvalue weighted by Crippen LogP contribution is -2.05. The highest BCUT2D eigenvalue weighted by atomic mass is 19.1. The van der Waals surface area contributed by atoms with E-state index in [0.29, 0.717) is 5.56 Å². The summed E-state index contributed by atoms with van der Waals surface area (Å²) in [5, 5.41) is 0. The van der Waals surface area contributed by atoms with Gasteiger partial charge in [-0.2, -0.15) is 0 Å². The van der Waals surface area contributed by atoms with Crippen molar-refractivity contribution in [3.05, 3.63) is 59.4 Å². The van der Waals surface area contributed by atoms with E-state index in [1.165, 1.54) is 18.5 Å². The van der Waals surface area contributed by atoms with Crippen molar-refractivity contribution < 1.29 is 9.18 Å².